The van der Waals surface area contributed by atoms with Gasteiger partial charge in [0, 0.05) is 0 Å². The van der Waals surface area contributed by atoms with Gasteiger partial charge in [0.05, 0.1) is 0 Å². The first-order chi connectivity index (χ1) is 5.22. The summed E-state index contributed by atoms with van der Waals surface area (Å²) < 4.78 is 0. The zero-order valence-corrected chi connectivity index (χ0v) is 7.12. The van der Waals surface area contributed by atoms with Gasteiger partial charge in [-0.3, -0.25) is 0 Å². The molecule has 11 heavy (non-hydrogen) atoms. The fourth-order valence-electron chi connectivity index (χ4n) is 0.661. The van der Waals surface area contributed by atoms with Crippen molar-refractivity contribution in [3.63, 3.8) is 0 Å². The molecule has 0 saturated heterocycles. The highest BCUT2D eigenvalue weighted by Crippen LogP contribution is 2.00. The quantitative estimate of drug-likeness (QED) is 0.483. The van der Waals surface area contributed by atoms with Gasteiger partial charge in [0.1, 0.15) is 11.9 Å². The Hall–Kier alpha value is -0.760. The predicted octanol–water partition coefficient (Wildman–Crippen LogP) is 2.17. The molecule has 0 aliphatic heterocycles. The van der Waals surface area contributed by atoms with Crippen LogP contribution in [0.2, 0.25) is 0 Å². The van der Waals surface area contributed by atoms with E-state index in [-0.39, 0.29) is 5.76 Å². The Morgan fingerprint density at radius 1 is 1.55 bits per heavy atom. The summed E-state index contributed by atoms with van der Waals surface area (Å²) in [5.41, 5.74) is 0. The van der Waals surface area contributed by atoms with E-state index >= 15 is 0 Å². The second kappa shape index (κ2) is 5.98. The van der Waals surface area contributed by atoms with Gasteiger partial charge in [-0.15, -0.1) is 0 Å². The molecule has 0 amide bonds. The lowest BCUT2D eigenvalue weighted by molar-refractivity contribution is 0.192. The minimum atomic E-state index is -0.827. The molecule has 0 aliphatic carbocycles. The van der Waals surface area contributed by atoms with Gasteiger partial charge in [-0.05, 0) is 19.4 Å². The van der Waals surface area contributed by atoms with Crippen molar-refractivity contribution in [3.05, 3.63) is 24.0 Å². The zero-order valence-electron chi connectivity index (χ0n) is 7.12. The first-order valence-electron chi connectivity index (χ1n) is 3.92. The fourth-order valence-corrected chi connectivity index (χ4v) is 0.661. The molecule has 64 valence electrons. The number of rotatable bonds is 4. The minimum Gasteiger partial charge on any atom is -0.510 e. The average molecular weight is 156 g/mol. The second-order valence-corrected chi connectivity index (χ2v) is 2.38. The Morgan fingerprint density at radius 2 is 2.18 bits per heavy atom. The van der Waals surface area contributed by atoms with Crippen molar-refractivity contribution in [2.75, 3.05) is 0 Å². The Bertz CT molecular complexity index is 148. The van der Waals surface area contributed by atoms with Crippen molar-refractivity contribution in [2.45, 2.75) is 32.8 Å². The standard InChI is InChI=1S/C9H16O2/c1-3-5-6-7-9(11)8(10)4-2/h4,6-7,9-11H,3,5H2,1-2H3. The van der Waals surface area contributed by atoms with Crippen molar-refractivity contribution in [1.82, 2.24) is 0 Å². The Labute approximate surface area is 67.9 Å². The van der Waals surface area contributed by atoms with Crippen LogP contribution < -0.4 is 0 Å². The summed E-state index contributed by atoms with van der Waals surface area (Å²) in [7, 11) is 0. The first-order valence-corrected chi connectivity index (χ1v) is 3.92. The predicted molar refractivity (Wildman–Crippen MR) is 46.4 cm³/mol. The summed E-state index contributed by atoms with van der Waals surface area (Å²) in [4.78, 5) is 0. The van der Waals surface area contributed by atoms with E-state index in [9.17, 15) is 0 Å². The van der Waals surface area contributed by atoms with Gasteiger partial charge < -0.3 is 10.2 Å². The summed E-state index contributed by atoms with van der Waals surface area (Å²) >= 11 is 0. The molecule has 0 aromatic carbocycles. The summed E-state index contributed by atoms with van der Waals surface area (Å²) in [5, 5.41) is 18.1. The molecular formula is C9H16O2. The molecule has 2 nitrogen and oxygen atoms in total. The molecule has 1 atom stereocenters. The van der Waals surface area contributed by atoms with E-state index < -0.39 is 6.10 Å². The Balaban J connectivity index is 3.76. The van der Waals surface area contributed by atoms with Gasteiger partial charge in [-0.25, -0.2) is 0 Å². The van der Waals surface area contributed by atoms with E-state index in [0.29, 0.717) is 0 Å². The molecule has 2 N–H and O–H groups in total. The molecule has 0 radical (unpaired) electrons. The maximum Gasteiger partial charge on any atom is 0.129 e. The molecule has 1 unspecified atom stereocenters. The average Bonchev–Trinajstić information content (AvgIpc) is 2.03. The van der Waals surface area contributed by atoms with Crippen LogP contribution in [-0.4, -0.2) is 16.3 Å². The minimum absolute atomic E-state index is 0.0114. The Kier molecular flexibility index (Phi) is 5.57. The summed E-state index contributed by atoms with van der Waals surface area (Å²) in [5.74, 6) is 0.0114. The van der Waals surface area contributed by atoms with Crippen molar-refractivity contribution in [3.8, 4) is 0 Å². The van der Waals surface area contributed by atoms with Crippen LogP contribution in [0.1, 0.15) is 26.7 Å². The molecule has 0 rings (SSSR count). The van der Waals surface area contributed by atoms with Gasteiger partial charge in [-0.1, -0.05) is 25.5 Å². The molecule has 0 bridgehead atoms. The third-order valence-corrected chi connectivity index (χ3v) is 1.37. The molecule has 2 heteroatoms. The van der Waals surface area contributed by atoms with Crippen LogP contribution in [0.25, 0.3) is 0 Å². The van der Waals surface area contributed by atoms with E-state index in [1.165, 1.54) is 6.08 Å². The number of hydrogen-bond donors (Lipinski definition) is 2. The summed E-state index contributed by atoms with van der Waals surface area (Å²) in [6.07, 6.45) is 6.12. The zero-order chi connectivity index (χ0) is 8.69. The third-order valence-electron chi connectivity index (χ3n) is 1.37. The number of hydrogen-bond acceptors (Lipinski definition) is 2. The lowest BCUT2D eigenvalue weighted by Crippen LogP contribution is -2.05. The summed E-state index contributed by atoms with van der Waals surface area (Å²) in [6, 6.07) is 0. The molecule has 0 saturated carbocycles. The van der Waals surface area contributed by atoms with Crippen LogP contribution in [0, 0.1) is 0 Å². The van der Waals surface area contributed by atoms with Crippen LogP contribution in [0.3, 0.4) is 0 Å². The van der Waals surface area contributed by atoms with Gasteiger partial charge in [0.25, 0.3) is 0 Å². The third kappa shape index (κ3) is 4.62. The van der Waals surface area contributed by atoms with Crippen molar-refractivity contribution >= 4 is 0 Å². The highest BCUT2D eigenvalue weighted by molar-refractivity contribution is 5.06. The summed E-state index contributed by atoms with van der Waals surface area (Å²) in [6.45, 7) is 3.75. The molecule has 0 heterocycles. The van der Waals surface area contributed by atoms with Crippen LogP contribution in [0.5, 0.6) is 0 Å². The van der Waals surface area contributed by atoms with E-state index in [0.717, 1.165) is 12.8 Å². The molecule has 0 aromatic rings. The lowest BCUT2D eigenvalue weighted by Gasteiger charge is -2.02. The SMILES string of the molecule is CC=C(O)C(O)C=CCCC. The first kappa shape index (κ1) is 10.2. The van der Waals surface area contributed by atoms with Crippen LogP contribution >= 0.6 is 0 Å². The maximum atomic E-state index is 9.14. The maximum absolute atomic E-state index is 9.14. The van der Waals surface area contributed by atoms with Crippen LogP contribution in [0.15, 0.2) is 24.0 Å². The van der Waals surface area contributed by atoms with E-state index in [1.54, 1.807) is 13.0 Å². The number of aliphatic hydroxyl groups excluding tert-OH is 2. The Morgan fingerprint density at radius 3 is 2.64 bits per heavy atom. The molecule has 0 spiro atoms. The smallest absolute Gasteiger partial charge is 0.129 e. The van der Waals surface area contributed by atoms with Gasteiger partial charge in [-0.2, -0.15) is 0 Å². The molecule has 0 aliphatic rings. The molecule has 0 fully saturated rings. The number of allylic oxidation sites excluding steroid dienone is 2. The van der Waals surface area contributed by atoms with E-state index in [4.69, 9.17) is 10.2 Å². The monoisotopic (exact) mass is 156 g/mol. The van der Waals surface area contributed by atoms with E-state index in [2.05, 4.69) is 6.92 Å². The van der Waals surface area contributed by atoms with E-state index in [1.807, 2.05) is 6.08 Å². The van der Waals surface area contributed by atoms with Crippen LogP contribution in [-0.2, 0) is 0 Å². The molecular weight excluding hydrogens is 140 g/mol. The molecule has 0 aromatic heterocycles. The normalized spacial score (nSPS) is 15.7. The second-order valence-electron chi connectivity index (χ2n) is 2.38. The van der Waals surface area contributed by atoms with Crippen molar-refractivity contribution in [1.29, 1.82) is 0 Å². The topological polar surface area (TPSA) is 40.5 Å². The van der Waals surface area contributed by atoms with Crippen molar-refractivity contribution in [2.24, 2.45) is 0 Å². The van der Waals surface area contributed by atoms with Gasteiger partial charge in [0.15, 0.2) is 0 Å². The highest BCUT2D eigenvalue weighted by atomic mass is 16.3. The van der Waals surface area contributed by atoms with Crippen LogP contribution in [0.4, 0.5) is 0 Å². The fraction of sp³-hybridized carbons (Fsp3) is 0.556. The van der Waals surface area contributed by atoms with Gasteiger partial charge in [0.2, 0.25) is 0 Å². The lowest BCUT2D eigenvalue weighted by atomic mass is 10.2. The van der Waals surface area contributed by atoms with Crippen molar-refractivity contribution < 1.29 is 10.2 Å². The van der Waals surface area contributed by atoms with Gasteiger partial charge >= 0.3 is 0 Å². The largest absolute Gasteiger partial charge is 0.510 e. The highest BCUT2D eigenvalue weighted by Gasteiger charge is 2.01. The number of aliphatic hydroxyl groups is 2. The number of unbranched alkanes of at least 4 members (excludes halogenated alkanes) is 1.